The Morgan fingerprint density at radius 3 is 2.73 bits per heavy atom. The van der Waals surface area contributed by atoms with E-state index in [1.807, 2.05) is 0 Å². The Bertz CT molecular complexity index is 154. The summed E-state index contributed by atoms with van der Waals surface area (Å²) in [5.74, 6) is 0.442. The van der Waals surface area contributed by atoms with Gasteiger partial charge in [-0.05, 0) is 25.2 Å². The van der Waals surface area contributed by atoms with Gasteiger partial charge in [0.1, 0.15) is 6.29 Å². The van der Waals surface area contributed by atoms with Crippen molar-refractivity contribution in [2.75, 3.05) is 0 Å². The number of aldehydes is 1. The van der Waals surface area contributed by atoms with Crippen LogP contribution in [0.4, 0.5) is 0 Å². The van der Waals surface area contributed by atoms with E-state index in [1.54, 1.807) is 6.08 Å². The Kier molecular flexibility index (Phi) is 2.83. The monoisotopic (exact) mass is 154 g/mol. The van der Waals surface area contributed by atoms with Crippen LogP contribution in [0.15, 0.2) is 12.7 Å². The van der Waals surface area contributed by atoms with Gasteiger partial charge in [-0.2, -0.15) is 0 Å². The van der Waals surface area contributed by atoms with E-state index in [9.17, 15) is 9.90 Å². The van der Waals surface area contributed by atoms with E-state index in [1.165, 1.54) is 0 Å². The maximum atomic E-state index is 10.4. The topological polar surface area (TPSA) is 37.3 Å². The molecule has 0 amide bonds. The molecule has 0 aromatic heterocycles. The van der Waals surface area contributed by atoms with Crippen LogP contribution in [0.3, 0.4) is 0 Å². The van der Waals surface area contributed by atoms with Gasteiger partial charge in [0.15, 0.2) is 0 Å². The summed E-state index contributed by atoms with van der Waals surface area (Å²) in [6.07, 6.45) is 4.85. The largest absolute Gasteiger partial charge is 0.389 e. The zero-order valence-corrected chi connectivity index (χ0v) is 6.57. The van der Waals surface area contributed by atoms with Crippen molar-refractivity contribution in [2.24, 2.45) is 11.8 Å². The molecule has 1 rings (SSSR count). The molecule has 11 heavy (non-hydrogen) atoms. The first-order valence-electron chi connectivity index (χ1n) is 4.04. The minimum Gasteiger partial charge on any atom is -0.389 e. The smallest absolute Gasteiger partial charge is 0.123 e. The summed E-state index contributed by atoms with van der Waals surface area (Å²) in [6, 6.07) is 0. The molecule has 1 aliphatic carbocycles. The molecule has 2 nitrogen and oxygen atoms in total. The number of carbonyl (C=O) groups is 1. The van der Waals surface area contributed by atoms with Gasteiger partial charge in [0.05, 0.1) is 6.10 Å². The second kappa shape index (κ2) is 3.67. The van der Waals surface area contributed by atoms with E-state index in [0.29, 0.717) is 0 Å². The summed E-state index contributed by atoms with van der Waals surface area (Å²) >= 11 is 0. The highest BCUT2D eigenvalue weighted by molar-refractivity contribution is 5.54. The first-order valence-corrected chi connectivity index (χ1v) is 4.04. The molecule has 1 fully saturated rings. The van der Waals surface area contributed by atoms with E-state index in [4.69, 9.17) is 0 Å². The lowest BCUT2D eigenvalue weighted by molar-refractivity contribution is -0.111. The number of rotatable bonds is 3. The van der Waals surface area contributed by atoms with Gasteiger partial charge in [-0.15, -0.1) is 6.58 Å². The minimum atomic E-state index is -0.417. The van der Waals surface area contributed by atoms with Gasteiger partial charge in [-0.3, -0.25) is 0 Å². The standard InChI is InChI=1S/C9H14O2/c1-2-9(11)8-4-3-7(5-8)6-10/h2,6-9,11H,1,3-5H2. The lowest BCUT2D eigenvalue weighted by atomic mass is 10.00. The molecule has 62 valence electrons. The van der Waals surface area contributed by atoms with Gasteiger partial charge < -0.3 is 9.90 Å². The molecule has 0 aromatic rings. The van der Waals surface area contributed by atoms with E-state index in [0.717, 1.165) is 25.5 Å². The highest BCUT2D eigenvalue weighted by atomic mass is 16.3. The van der Waals surface area contributed by atoms with E-state index in [2.05, 4.69) is 6.58 Å². The van der Waals surface area contributed by atoms with Gasteiger partial charge in [0.25, 0.3) is 0 Å². The Morgan fingerprint density at radius 2 is 2.27 bits per heavy atom. The second-order valence-electron chi connectivity index (χ2n) is 3.20. The maximum Gasteiger partial charge on any atom is 0.123 e. The Labute approximate surface area is 66.9 Å². The van der Waals surface area contributed by atoms with E-state index in [-0.39, 0.29) is 11.8 Å². The van der Waals surface area contributed by atoms with Gasteiger partial charge in [0.2, 0.25) is 0 Å². The number of hydrogen-bond donors (Lipinski definition) is 1. The Morgan fingerprint density at radius 1 is 1.55 bits per heavy atom. The molecule has 0 bridgehead atoms. The summed E-state index contributed by atoms with van der Waals surface area (Å²) in [7, 11) is 0. The van der Waals surface area contributed by atoms with Crippen molar-refractivity contribution >= 4 is 6.29 Å². The summed E-state index contributed by atoms with van der Waals surface area (Å²) in [4.78, 5) is 10.4. The molecule has 0 radical (unpaired) electrons. The average molecular weight is 154 g/mol. The number of hydrogen-bond acceptors (Lipinski definition) is 2. The average Bonchev–Trinajstić information content (AvgIpc) is 2.50. The molecule has 3 unspecified atom stereocenters. The van der Waals surface area contributed by atoms with Crippen LogP contribution in [0.1, 0.15) is 19.3 Å². The third-order valence-corrected chi connectivity index (χ3v) is 2.43. The Hall–Kier alpha value is -0.630. The van der Waals surface area contributed by atoms with Gasteiger partial charge in [-0.1, -0.05) is 6.08 Å². The minimum absolute atomic E-state index is 0.176. The molecule has 0 heterocycles. The molecule has 1 saturated carbocycles. The van der Waals surface area contributed by atoms with E-state index < -0.39 is 6.10 Å². The molecule has 1 N–H and O–H groups in total. The fourth-order valence-corrected chi connectivity index (χ4v) is 1.68. The highest BCUT2D eigenvalue weighted by Crippen LogP contribution is 2.31. The lowest BCUT2D eigenvalue weighted by Gasteiger charge is -2.12. The van der Waals surface area contributed by atoms with Crippen molar-refractivity contribution in [2.45, 2.75) is 25.4 Å². The number of aliphatic hydroxyl groups is 1. The summed E-state index contributed by atoms with van der Waals surface area (Å²) in [5.41, 5.74) is 0. The van der Waals surface area contributed by atoms with Crippen molar-refractivity contribution in [1.82, 2.24) is 0 Å². The van der Waals surface area contributed by atoms with Crippen LogP contribution in [0.25, 0.3) is 0 Å². The molecule has 0 aromatic carbocycles. The molecule has 0 saturated heterocycles. The van der Waals surface area contributed by atoms with Gasteiger partial charge in [-0.25, -0.2) is 0 Å². The fourth-order valence-electron chi connectivity index (χ4n) is 1.68. The quantitative estimate of drug-likeness (QED) is 0.489. The van der Waals surface area contributed by atoms with Gasteiger partial charge in [0, 0.05) is 5.92 Å². The van der Waals surface area contributed by atoms with Crippen LogP contribution < -0.4 is 0 Å². The molecular formula is C9H14O2. The first-order chi connectivity index (χ1) is 5.27. The fraction of sp³-hybridized carbons (Fsp3) is 0.667. The highest BCUT2D eigenvalue weighted by Gasteiger charge is 2.27. The number of carbonyl (C=O) groups excluding carboxylic acids is 1. The lowest BCUT2D eigenvalue weighted by Crippen LogP contribution is -2.14. The second-order valence-corrected chi connectivity index (χ2v) is 3.20. The van der Waals surface area contributed by atoms with Crippen LogP contribution >= 0.6 is 0 Å². The summed E-state index contributed by atoms with van der Waals surface area (Å²) < 4.78 is 0. The summed E-state index contributed by atoms with van der Waals surface area (Å²) in [5, 5.41) is 9.34. The SMILES string of the molecule is C=CC(O)C1CCC(C=O)C1. The molecule has 3 atom stereocenters. The van der Waals surface area contributed by atoms with Crippen molar-refractivity contribution in [1.29, 1.82) is 0 Å². The van der Waals surface area contributed by atoms with Gasteiger partial charge >= 0.3 is 0 Å². The molecular weight excluding hydrogens is 140 g/mol. The molecule has 0 aliphatic heterocycles. The first kappa shape index (κ1) is 8.47. The summed E-state index contributed by atoms with van der Waals surface area (Å²) in [6.45, 7) is 3.52. The molecule has 1 aliphatic rings. The van der Waals surface area contributed by atoms with Crippen LogP contribution in [-0.2, 0) is 4.79 Å². The van der Waals surface area contributed by atoms with Crippen molar-refractivity contribution in [3.63, 3.8) is 0 Å². The van der Waals surface area contributed by atoms with E-state index >= 15 is 0 Å². The zero-order chi connectivity index (χ0) is 8.27. The zero-order valence-electron chi connectivity index (χ0n) is 6.57. The molecule has 2 heteroatoms. The van der Waals surface area contributed by atoms with Crippen molar-refractivity contribution in [3.8, 4) is 0 Å². The normalized spacial score (nSPS) is 33.2. The van der Waals surface area contributed by atoms with Crippen molar-refractivity contribution < 1.29 is 9.90 Å². The predicted octanol–water partition coefficient (Wildman–Crippen LogP) is 1.15. The number of aliphatic hydroxyl groups excluding tert-OH is 1. The molecule has 0 spiro atoms. The van der Waals surface area contributed by atoms with Crippen LogP contribution in [0, 0.1) is 11.8 Å². The van der Waals surface area contributed by atoms with Crippen molar-refractivity contribution in [3.05, 3.63) is 12.7 Å². The maximum absolute atomic E-state index is 10.4. The van der Waals surface area contributed by atoms with Crippen LogP contribution in [0.2, 0.25) is 0 Å². The third kappa shape index (κ3) is 1.90. The Balaban J connectivity index is 2.40. The predicted molar refractivity (Wildman–Crippen MR) is 43.1 cm³/mol. The van der Waals surface area contributed by atoms with Crippen LogP contribution in [0.5, 0.6) is 0 Å². The van der Waals surface area contributed by atoms with Crippen LogP contribution in [-0.4, -0.2) is 17.5 Å². The third-order valence-electron chi connectivity index (χ3n) is 2.43.